The average molecular weight is 710 g/mol. The molecule has 5 nitrogen and oxygen atoms in total. The quantitative estimate of drug-likeness (QED) is 0.130. The van der Waals surface area contributed by atoms with Gasteiger partial charge in [0.1, 0.15) is 22.4 Å². The molecular formula is C26H16Cl6F5N3O2. The molecule has 3 aromatic carbocycles. The first-order valence-corrected chi connectivity index (χ1v) is 13.9. The van der Waals surface area contributed by atoms with Crippen molar-refractivity contribution in [3.8, 4) is 0 Å². The number of nitrogens with one attached hydrogen (secondary N) is 3. The van der Waals surface area contributed by atoms with Crippen LogP contribution >= 0.6 is 69.6 Å². The van der Waals surface area contributed by atoms with Crippen molar-refractivity contribution in [1.82, 2.24) is 0 Å². The summed E-state index contributed by atoms with van der Waals surface area (Å²) in [6.45, 7) is -0.0931. The Kier molecular flexibility index (Phi) is 9.38. The SMILES string of the molecule is Cc1cc(NC(=O)[C@H]2[C@H](c3cc(Cl)c(Cl)c(Cl)c3)C2(Cl)Cl)cc(C(=O)Nc2c(F)ccc(NCC(F)(F)F)c2F)c1Cl. The van der Waals surface area contributed by atoms with Crippen LogP contribution in [0.2, 0.25) is 20.1 Å². The van der Waals surface area contributed by atoms with Crippen molar-refractivity contribution in [2.24, 2.45) is 5.92 Å². The van der Waals surface area contributed by atoms with Crippen molar-refractivity contribution < 1.29 is 31.5 Å². The maximum absolute atomic E-state index is 14.8. The normalized spacial score (nSPS) is 17.5. The fourth-order valence-electron chi connectivity index (χ4n) is 4.23. The highest BCUT2D eigenvalue weighted by Gasteiger charge is 2.67. The Morgan fingerprint density at radius 3 is 2.14 bits per heavy atom. The summed E-state index contributed by atoms with van der Waals surface area (Å²) in [5, 5.41) is 6.64. The number of benzene rings is 3. The first-order valence-electron chi connectivity index (χ1n) is 11.7. The second-order valence-electron chi connectivity index (χ2n) is 9.28. The van der Waals surface area contributed by atoms with Crippen molar-refractivity contribution in [3.05, 3.63) is 84.8 Å². The molecule has 3 N–H and O–H groups in total. The predicted molar refractivity (Wildman–Crippen MR) is 156 cm³/mol. The highest BCUT2D eigenvalue weighted by molar-refractivity contribution is 6.54. The maximum Gasteiger partial charge on any atom is 0.405 e. The summed E-state index contributed by atoms with van der Waals surface area (Å²) in [6.07, 6.45) is -4.68. The van der Waals surface area contributed by atoms with Gasteiger partial charge in [0.05, 0.1) is 37.3 Å². The van der Waals surface area contributed by atoms with Gasteiger partial charge in [0, 0.05) is 11.6 Å². The van der Waals surface area contributed by atoms with Gasteiger partial charge >= 0.3 is 6.18 Å². The zero-order valence-corrected chi connectivity index (χ0v) is 25.3. The summed E-state index contributed by atoms with van der Waals surface area (Å²) in [5.41, 5.74) is -1.18. The first kappa shape index (κ1) is 32.7. The molecule has 16 heteroatoms. The lowest BCUT2D eigenvalue weighted by Gasteiger charge is -2.15. The van der Waals surface area contributed by atoms with E-state index in [2.05, 4.69) is 5.32 Å². The number of carbonyl (C=O) groups excluding carboxylic acids is 2. The highest BCUT2D eigenvalue weighted by atomic mass is 35.5. The molecule has 1 saturated carbocycles. The van der Waals surface area contributed by atoms with E-state index in [0.29, 0.717) is 17.2 Å². The Hall–Kier alpha value is -2.21. The molecule has 0 bridgehead atoms. The van der Waals surface area contributed by atoms with Gasteiger partial charge in [0.15, 0.2) is 5.82 Å². The average Bonchev–Trinajstić information content (AvgIpc) is 3.47. The molecule has 0 unspecified atom stereocenters. The Bertz CT molecular complexity index is 1580. The van der Waals surface area contributed by atoms with Crippen LogP contribution in [0.25, 0.3) is 0 Å². The molecule has 4 rings (SSSR count). The number of anilines is 3. The van der Waals surface area contributed by atoms with Crippen LogP contribution < -0.4 is 16.0 Å². The minimum Gasteiger partial charge on any atom is -0.374 e. The highest BCUT2D eigenvalue weighted by Crippen LogP contribution is 2.65. The second kappa shape index (κ2) is 12.1. The van der Waals surface area contributed by atoms with Gasteiger partial charge in [-0.25, -0.2) is 8.78 Å². The second-order valence-corrected chi connectivity index (χ2v) is 12.3. The molecule has 42 heavy (non-hydrogen) atoms. The molecule has 0 aromatic heterocycles. The molecule has 0 saturated heterocycles. The van der Waals surface area contributed by atoms with Crippen LogP contribution in [0, 0.1) is 24.5 Å². The van der Waals surface area contributed by atoms with E-state index in [-0.39, 0.29) is 31.3 Å². The molecule has 1 aliphatic rings. The third kappa shape index (κ3) is 6.79. The maximum atomic E-state index is 14.8. The molecule has 1 aliphatic carbocycles. The van der Waals surface area contributed by atoms with Crippen molar-refractivity contribution in [2.45, 2.75) is 23.4 Å². The first-order chi connectivity index (χ1) is 19.4. The number of hydrogen-bond acceptors (Lipinski definition) is 3. The van der Waals surface area contributed by atoms with Gasteiger partial charge in [0.25, 0.3) is 5.91 Å². The van der Waals surface area contributed by atoms with Gasteiger partial charge in [-0.05, 0) is 54.4 Å². The molecule has 3 aromatic rings. The summed E-state index contributed by atoms with van der Waals surface area (Å²) < 4.78 is 65.3. The van der Waals surface area contributed by atoms with Crippen LogP contribution in [0.15, 0.2) is 36.4 Å². The number of hydrogen-bond donors (Lipinski definition) is 3. The zero-order valence-electron chi connectivity index (χ0n) is 20.8. The Labute approximate surface area is 265 Å². The Morgan fingerprint density at radius 2 is 1.55 bits per heavy atom. The van der Waals surface area contributed by atoms with Gasteiger partial charge in [-0.1, -0.05) is 46.4 Å². The minimum absolute atomic E-state index is 0.0653. The minimum atomic E-state index is -4.68. The van der Waals surface area contributed by atoms with Crippen LogP contribution in [-0.2, 0) is 4.79 Å². The lowest BCUT2D eigenvalue weighted by Crippen LogP contribution is -2.22. The number of aryl methyl sites for hydroxylation is 1. The molecule has 0 radical (unpaired) electrons. The van der Waals surface area contributed by atoms with Gasteiger partial charge in [-0.2, -0.15) is 13.2 Å². The van der Waals surface area contributed by atoms with Crippen LogP contribution in [0.5, 0.6) is 0 Å². The van der Waals surface area contributed by atoms with Crippen LogP contribution in [-0.4, -0.2) is 28.9 Å². The standard InChI is InChI=1S/C26H16Cl6F5N3O2/c1-9-4-11(39-24(42)18-17(26(18,31)32)10-5-13(27)20(30)14(28)6-10)7-12(19(9)29)23(41)40-22-15(33)2-3-16(21(22)34)38-8-25(35,36)37/h2-7,17-18,38H,8H2,1H3,(H,39,42)(H,40,41)/t17-,18+/m0/s1. The topological polar surface area (TPSA) is 70.2 Å². The monoisotopic (exact) mass is 707 g/mol. The Balaban J connectivity index is 1.56. The van der Waals surface area contributed by atoms with Crippen molar-refractivity contribution >= 4 is 98.5 Å². The van der Waals surface area contributed by atoms with E-state index in [9.17, 15) is 31.5 Å². The van der Waals surface area contributed by atoms with Crippen LogP contribution in [0.1, 0.15) is 27.4 Å². The number of rotatable bonds is 7. The summed E-state index contributed by atoms with van der Waals surface area (Å²) in [5.74, 6) is -6.15. The molecule has 224 valence electrons. The van der Waals surface area contributed by atoms with E-state index in [1.165, 1.54) is 25.1 Å². The fourth-order valence-corrected chi connectivity index (χ4v) is 5.87. The van der Waals surface area contributed by atoms with Crippen molar-refractivity contribution in [1.29, 1.82) is 0 Å². The van der Waals surface area contributed by atoms with E-state index in [1.807, 2.05) is 5.32 Å². The largest absolute Gasteiger partial charge is 0.405 e. The summed E-state index contributed by atoms with van der Waals surface area (Å²) in [6, 6.07) is 6.96. The predicted octanol–water partition coefficient (Wildman–Crippen LogP) is 9.64. The van der Waals surface area contributed by atoms with Crippen molar-refractivity contribution in [3.63, 3.8) is 0 Å². The van der Waals surface area contributed by atoms with Gasteiger partial charge in [-0.3, -0.25) is 9.59 Å². The summed E-state index contributed by atoms with van der Waals surface area (Å²) in [7, 11) is 0. The van der Waals surface area contributed by atoms with Gasteiger partial charge in [-0.15, -0.1) is 23.2 Å². The number of amides is 2. The molecule has 0 spiro atoms. The molecule has 1 fully saturated rings. The summed E-state index contributed by atoms with van der Waals surface area (Å²) in [4.78, 5) is 26.2. The summed E-state index contributed by atoms with van der Waals surface area (Å²) >= 11 is 37.2. The lowest BCUT2D eigenvalue weighted by molar-refractivity contribution is -0.117. The number of carbonyl (C=O) groups is 2. The van der Waals surface area contributed by atoms with E-state index in [4.69, 9.17) is 69.6 Å². The van der Waals surface area contributed by atoms with Crippen LogP contribution in [0.3, 0.4) is 0 Å². The third-order valence-corrected chi connectivity index (χ3v) is 8.92. The van der Waals surface area contributed by atoms with E-state index in [1.54, 1.807) is 5.32 Å². The Morgan fingerprint density at radius 1 is 0.929 bits per heavy atom. The smallest absolute Gasteiger partial charge is 0.374 e. The molecule has 0 aliphatic heterocycles. The van der Waals surface area contributed by atoms with Crippen molar-refractivity contribution in [2.75, 3.05) is 22.5 Å². The van der Waals surface area contributed by atoms with E-state index < -0.39 is 63.7 Å². The fraction of sp³-hybridized carbons (Fsp3) is 0.231. The van der Waals surface area contributed by atoms with Gasteiger partial charge < -0.3 is 16.0 Å². The van der Waals surface area contributed by atoms with Crippen LogP contribution in [0.4, 0.5) is 39.0 Å². The number of alkyl halides is 5. The van der Waals surface area contributed by atoms with E-state index >= 15 is 0 Å². The van der Waals surface area contributed by atoms with Gasteiger partial charge in [0.2, 0.25) is 5.91 Å². The number of halogens is 11. The lowest BCUT2D eigenvalue weighted by atomic mass is 10.1. The van der Waals surface area contributed by atoms with E-state index in [0.717, 1.165) is 12.1 Å². The molecule has 2 atom stereocenters. The molecule has 2 amide bonds. The third-order valence-electron chi connectivity index (χ3n) is 6.28. The molecule has 0 heterocycles. The molecular weight excluding hydrogens is 694 g/mol. The zero-order chi connectivity index (χ0) is 31.3.